The predicted octanol–water partition coefficient (Wildman–Crippen LogP) is 1.82. The van der Waals surface area contributed by atoms with Gasteiger partial charge in [-0.15, -0.1) is 0 Å². The molecule has 2 N–H and O–H groups in total. The zero-order valence-corrected chi connectivity index (χ0v) is 11.8. The molecule has 0 fully saturated rings. The van der Waals surface area contributed by atoms with Gasteiger partial charge in [0.1, 0.15) is 5.75 Å². The molecule has 1 aromatic carbocycles. The van der Waals surface area contributed by atoms with E-state index in [4.69, 9.17) is 9.84 Å². The summed E-state index contributed by atoms with van der Waals surface area (Å²) in [5.41, 5.74) is 1.57. The maximum Gasteiger partial charge on any atom is 0.335 e. The third-order valence-corrected chi connectivity index (χ3v) is 3.67. The van der Waals surface area contributed by atoms with Gasteiger partial charge in [-0.25, -0.2) is 4.79 Å². The highest BCUT2D eigenvalue weighted by Gasteiger charge is 2.31. The van der Waals surface area contributed by atoms with E-state index in [1.54, 1.807) is 25.1 Å². The second-order valence-corrected chi connectivity index (χ2v) is 5.22. The number of aromatic carboxylic acids is 1. The van der Waals surface area contributed by atoms with Crippen molar-refractivity contribution >= 4 is 11.9 Å². The quantitative estimate of drug-likeness (QED) is 0.825. The van der Waals surface area contributed by atoms with Crippen LogP contribution in [0.15, 0.2) is 35.1 Å². The van der Waals surface area contributed by atoms with Gasteiger partial charge in [-0.3, -0.25) is 9.59 Å². The van der Waals surface area contributed by atoms with E-state index in [0.717, 1.165) is 0 Å². The Morgan fingerprint density at radius 3 is 2.59 bits per heavy atom. The van der Waals surface area contributed by atoms with E-state index in [9.17, 15) is 14.4 Å². The summed E-state index contributed by atoms with van der Waals surface area (Å²) in [4.78, 5) is 37.6. The van der Waals surface area contributed by atoms with Crippen LogP contribution in [0.4, 0.5) is 0 Å². The Morgan fingerprint density at radius 2 is 1.95 bits per heavy atom. The Hall–Kier alpha value is -2.89. The van der Waals surface area contributed by atoms with Crippen molar-refractivity contribution in [3.05, 3.63) is 63.1 Å². The van der Waals surface area contributed by atoms with E-state index in [-0.39, 0.29) is 23.3 Å². The Kier molecular flexibility index (Phi) is 3.29. The maximum absolute atomic E-state index is 12.2. The summed E-state index contributed by atoms with van der Waals surface area (Å²) in [6, 6.07) is 7.78. The summed E-state index contributed by atoms with van der Waals surface area (Å²) in [6.45, 7) is 1.71. The van der Waals surface area contributed by atoms with Crippen LogP contribution in [-0.4, -0.2) is 22.0 Å². The average molecular weight is 299 g/mol. The molecule has 1 aliphatic heterocycles. The lowest BCUT2D eigenvalue weighted by atomic mass is 9.86. The highest BCUT2D eigenvalue weighted by Crippen LogP contribution is 2.36. The minimum absolute atomic E-state index is 0.0472. The molecule has 6 heteroatoms. The van der Waals surface area contributed by atoms with Gasteiger partial charge in [0.05, 0.1) is 17.5 Å². The topological polar surface area (TPSA) is 96.5 Å². The molecule has 2 heterocycles. The third-order valence-electron chi connectivity index (χ3n) is 3.67. The summed E-state index contributed by atoms with van der Waals surface area (Å²) in [6.07, 6.45) is 0.0472. The van der Waals surface area contributed by atoms with Gasteiger partial charge in [0, 0.05) is 17.7 Å². The number of carboxylic acids is 1. The second-order valence-electron chi connectivity index (χ2n) is 5.22. The number of ether oxygens (including phenoxy) is 1. The number of benzene rings is 1. The molecule has 1 atom stereocenters. The second kappa shape index (κ2) is 5.14. The summed E-state index contributed by atoms with van der Waals surface area (Å²) in [5, 5.41) is 8.93. The van der Waals surface area contributed by atoms with Crippen molar-refractivity contribution in [3.63, 3.8) is 0 Å². The number of carboxylic acid groups (broad SMARTS) is 1. The standard InChI is InChI=1S/C16H13NO5/c1-8-6-12-14(15(19)17-8)11(7-13(18)22-12)9-2-4-10(5-3-9)16(20)21/h2-6,11H,7H2,1H3,(H,17,19)(H,20,21). The number of nitrogens with one attached hydrogen (secondary N) is 1. The molecule has 0 saturated heterocycles. The highest BCUT2D eigenvalue weighted by atomic mass is 16.5. The Labute approximate surface area is 125 Å². The van der Waals surface area contributed by atoms with Crippen LogP contribution in [0.25, 0.3) is 0 Å². The zero-order chi connectivity index (χ0) is 15.9. The number of hydrogen-bond donors (Lipinski definition) is 2. The van der Waals surface area contributed by atoms with Crippen LogP contribution in [-0.2, 0) is 4.79 Å². The number of hydrogen-bond acceptors (Lipinski definition) is 4. The molecule has 1 unspecified atom stereocenters. The first-order valence-electron chi connectivity index (χ1n) is 6.73. The van der Waals surface area contributed by atoms with Gasteiger partial charge in [0.25, 0.3) is 5.56 Å². The van der Waals surface area contributed by atoms with Gasteiger partial charge in [0.15, 0.2) is 0 Å². The molecule has 2 aromatic rings. The molecule has 6 nitrogen and oxygen atoms in total. The van der Waals surface area contributed by atoms with Gasteiger partial charge in [-0.05, 0) is 24.6 Å². The van der Waals surface area contributed by atoms with Crippen LogP contribution >= 0.6 is 0 Å². The molecule has 0 aliphatic carbocycles. The number of pyridine rings is 1. The van der Waals surface area contributed by atoms with Gasteiger partial charge >= 0.3 is 11.9 Å². The first kappa shape index (κ1) is 14.1. The molecule has 1 aromatic heterocycles. The fraction of sp³-hybridized carbons (Fsp3) is 0.188. The largest absolute Gasteiger partial charge is 0.478 e. The molecular formula is C16H13NO5. The summed E-state index contributed by atoms with van der Waals surface area (Å²) in [7, 11) is 0. The lowest BCUT2D eigenvalue weighted by molar-refractivity contribution is -0.135. The number of rotatable bonds is 2. The lowest BCUT2D eigenvalue weighted by Gasteiger charge is -2.24. The lowest BCUT2D eigenvalue weighted by Crippen LogP contribution is -2.28. The molecule has 1 aliphatic rings. The SMILES string of the molecule is Cc1cc2c(c(=O)[nH]1)C(c1ccc(C(=O)O)cc1)CC(=O)O2. The molecule has 112 valence electrons. The van der Waals surface area contributed by atoms with Crippen molar-refractivity contribution < 1.29 is 19.4 Å². The van der Waals surface area contributed by atoms with Crippen molar-refractivity contribution in [2.45, 2.75) is 19.3 Å². The number of carbonyl (C=O) groups is 2. The fourth-order valence-electron chi connectivity index (χ4n) is 2.66. The van der Waals surface area contributed by atoms with Crippen LogP contribution in [0, 0.1) is 6.92 Å². The first-order chi connectivity index (χ1) is 10.5. The van der Waals surface area contributed by atoms with Crippen molar-refractivity contribution in [3.8, 4) is 5.75 Å². The van der Waals surface area contributed by atoms with Crippen molar-refractivity contribution in [1.82, 2.24) is 4.98 Å². The van der Waals surface area contributed by atoms with E-state index in [0.29, 0.717) is 16.8 Å². The summed E-state index contributed by atoms with van der Waals surface area (Å²) >= 11 is 0. The molecule has 0 radical (unpaired) electrons. The van der Waals surface area contributed by atoms with Crippen LogP contribution < -0.4 is 10.3 Å². The van der Waals surface area contributed by atoms with Crippen molar-refractivity contribution in [1.29, 1.82) is 0 Å². The number of carbonyl (C=O) groups excluding carboxylic acids is 1. The van der Waals surface area contributed by atoms with Gasteiger partial charge < -0.3 is 14.8 Å². The minimum Gasteiger partial charge on any atom is -0.478 e. The molecular weight excluding hydrogens is 286 g/mol. The maximum atomic E-state index is 12.2. The van der Waals surface area contributed by atoms with Gasteiger partial charge in [-0.1, -0.05) is 12.1 Å². The summed E-state index contributed by atoms with van der Waals surface area (Å²) < 4.78 is 5.15. The molecule has 0 bridgehead atoms. The van der Waals surface area contributed by atoms with Crippen LogP contribution in [0.1, 0.15) is 39.5 Å². The van der Waals surface area contributed by atoms with E-state index in [2.05, 4.69) is 4.98 Å². The number of fused-ring (bicyclic) bond motifs is 1. The minimum atomic E-state index is -1.02. The Bertz CT molecular complexity index is 819. The average Bonchev–Trinajstić information content (AvgIpc) is 2.45. The van der Waals surface area contributed by atoms with E-state index in [1.807, 2.05) is 0 Å². The predicted molar refractivity (Wildman–Crippen MR) is 77.3 cm³/mol. The number of aromatic nitrogens is 1. The monoisotopic (exact) mass is 299 g/mol. The van der Waals surface area contributed by atoms with E-state index >= 15 is 0 Å². The number of aromatic amines is 1. The molecule has 22 heavy (non-hydrogen) atoms. The normalized spacial score (nSPS) is 16.8. The van der Waals surface area contributed by atoms with E-state index < -0.39 is 17.9 Å². The van der Waals surface area contributed by atoms with Gasteiger partial charge in [0.2, 0.25) is 0 Å². The third kappa shape index (κ3) is 2.39. The van der Waals surface area contributed by atoms with Crippen LogP contribution in [0.3, 0.4) is 0 Å². The Morgan fingerprint density at radius 1 is 1.27 bits per heavy atom. The van der Waals surface area contributed by atoms with Gasteiger partial charge in [-0.2, -0.15) is 0 Å². The first-order valence-corrected chi connectivity index (χ1v) is 6.73. The highest BCUT2D eigenvalue weighted by molar-refractivity contribution is 5.87. The number of H-pyrrole nitrogens is 1. The number of aryl methyl sites for hydroxylation is 1. The number of esters is 1. The summed E-state index contributed by atoms with van der Waals surface area (Å²) in [5.74, 6) is -1.61. The molecule has 0 saturated carbocycles. The van der Waals surface area contributed by atoms with Crippen LogP contribution in [0.2, 0.25) is 0 Å². The van der Waals surface area contributed by atoms with Crippen molar-refractivity contribution in [2.24, 2.45) is 0 Å². The molecule has 0 amide bonds. The van der Waals surface area contributed by atoms with E-state index in [1.165, 1.54) is 12.1 Å². The van der Waals surface area contributed by atoms with Crippen molar-refractivity contribution in [2.75, 3.05) is 0 Å². The molecule has 3 rings (SSSR count). The molecule has 0 spiro atoms. The smallest absolute Gasteiger partial charge is 0.335 e. The zero-order valence-electron chi connectivity index (χ0n) is 11.8. The van der Waals surface area contributed by atoms with Crippen LogP contribution in [0.5, 0.6) is 5.75 Å². The fourth-order valence-corrected chi connectivity index (χ4v) is 2.66. The Balaban J connectivity index is 2.11.